The zero-order valence-electron chi connectivity index (χ0n) is 12.9. The lowest BCUT2D eigenvalue weighted by molar-refractivity contribution is 0.257. The summed E-state index contributed by atoms with van der Waals surface area (Å²) >= 11 is 0. The number of nitrogens with zero attached hydrogens (tertiary/aromatic N) is 1. The fraction of sp³-hybridized carbons (Fsp3) is 0.647. The van der Waals surface area contributed by atoms with Gasteiger partial charge in [0, 0.05) is 30.4 Å². The molecule has 1 aliphatic carbocycles. The Kier molecular flexibility index (Phi) is 3.88. The van der Waals surface area contributed by atoms with Crippen molar-refractivity contribution in [2.45, 2.75) is 58.2 Å². The molecule has 3 heteroatoms. The third-order valence-corrected chi connectivity index (χ3v) is 4.51. The molecule has 1 saturated heterocycles. The van der Waals surface area contributed by atoms with Crippen molar-refractivity contribution >= 4 is 5.69 Å². The first-order valence-electron chi connectivity index (χ1n) is 7.93. The Morgan fingerprint density at radius 2 is 2.15 bits per heavy atom. The molecule has 1 aromatic rings. The summed E-state index contributed by atoms with van der Waals surface area (Å²) in [7, 11) is 0. The van der Waals surface area contributed by atoms with Crippen molar-refractivity contribution in [3.63, 3.8) is 0 Å². The minimum absolute atomic E-state index is 0.585. The summed E-state index contributed by atoms with van der Waals surface area (Å²) in [6, 6.07) is 8.53. The lowest BCUT2D eigenvalue weighted by Crippen LogP contribution is -2.31. The quantitative estimate of drug-likeness (QED) is 0.890. The lowest BCUT2D eigenvalue weighted by atomic mass is 10.1. The SMILES string of the molecule is CCOc1ccc(NC2CC(C)N(C3CC3)C2)c(C)c1. The monoisotopic (exact) mass is 274 g/mol. The van der Waals surface area contributed by atoms with Gasteiger partial charge in [-0.15, -0.1) is 0 Å². The highest BCUT2D eigenvalue weighted by Crippen LogP contribution is 2.34. The molecule has 1 N–H and O–H groups in total. The number of hydrogen-bond acceptors (Lipinski definition) is 3. The van der Waals surface area contributed by atoms with E-state index in [9.17, 15) is 0 Å². The van der Waals surface area contributed by atoms with E-state index < -0.39 is 0 Å². The van der Waals surface area contributed by atoms with E-state index in [4.69, 9.17) is 4.74 Å². The average molecular weight is 274 g/mol. The molecule has 2 unspecified atom stereocenters. The maximum Gasteiger partial charge on any atom is 0.119 e. The van der Waals surface area contributed by atoms with Crippen molar-refractivity contribution < 1.29 is 4.74 Å². The summed E-state index contributed by atoms with van der Waals surface area (Å²) in [5.74, 6) is 0.968. The highest BCUT2D eigenvalue weighted by molar-refractivity contribution is 5.54. The van der Waals surface area contributed by atoms with Gasteiger partial charge in [0.25, 0.3) is 0 Å². The second-order valence-electron chi connectivity index (χ2n) is 6.26. The summed E-state index contributed by atoms with van der Waals surface area (Å²) in [6.07, 6.45) is 4.06. The van der Waals surface area contributed by atoms with Crippen molar-refractivity contribution in [3.8, 4) is 5.75 Å². The van der Waals surface area contributed by atoms with Crippen molar-refractivity contribution in [2.24, 2.45) is 0 Å². The molecule has 0 amide bonds. The number of ether oxygens (including phenoxy) is 1. The molecule has 0 radical (unpaired) electrons. The number of benzene rings is 1. The minimum atomic E-state index is 0.585. The van der Waals surface area contributed by atoms with Crippen molar-refractivity contribution in [2.75, 3.05) is 18.5 Å². The lowest BCUT2D eigenvalue weighted by Gasteiger charge is -2.20. The Balaban J connectivity index is 1.63. The van der Waals surface area contributed by atoms with Crippen LogP contribution in [0.25, 0.3) is 0 Å². The Hall–Kier alpha value is -1.22. The van der Waals surface area contributed by atoms with Gasteiger partial charge in [-0.25, -0.2) is 0 Å². The van der Waals surface area contributed by atoms with Crippen LogP contribution >= 0.6 is 0 Å². The van der Waals surface area contributed by atoms with Crippen LogP contribution in [0.2, 0.25) is 0 Å². The molecule has 2 fully saturated rings. The van der Waals surface area contributed by atoms with E-state index in [0.29, 0.717) is 6.04 Å². The number of nitrogens with one attached hydrogen (secondary N) is 1. The first kappa shape index (κ1) is 13.7. The molecule has 0 aromatic heterocycles. The van der Waals surface area contributed by atoms with Crippen molar-refractivity contribution in [1.82, 2.24) is 4.90 Å². The molecule has 20 heavy (non-hydrogen) atoms. The molecule has 1 aliphatic heterocycles. The minimum Gasteiger partial charge on any atom is -0.494 e. The zero-order chi connectivity index (χ0) is 14.1. The molecule has 2 atom stereocenters. The molecule has 1 heterocycles. The van der Waals surface area contributed by atoms with Crippen LogP contribution in [0.5, 0.6) is 5.75 Å². The van der Waals surface area contributed by atoms with Gasteiger partial charge in [-0.05, 0) is 63.8 Å². The third kappa shape index (κ3) is 2.93. The molecular formula is C17H26N2O. The van der Waals surface area contributed by atoms with Crippen LogP contribution in [0.1, 0.15) is 38.7 Å². The number of rotatable bonds is 5. The van der Waals surface area contributed by atoms with Crippen LogP contribution in [-0.2, 0) is 0 Å². The maximum absolute atomic E-state index is 5.55. The maximum atomic E-state index is 5.55. The van der Waals surface area contributed by atoms with Gasteiger partial charge in [0.2, 0.25) is 0 Å². The third-order valence-electron chi connectivity index (χ3n) is 4.51. The van der Waals surface area contributed by atoms with Crippen LogP contribution in [0.3, 0.4) is 0 Å². The van der Waals surface area contributed by atoms with Crippen molar-refractivity contribution in [3.05, 3.63) is 23.8 Å². The van der Waals surface area contributed by atoms with Crippen molar-refractivity contribution in [1.29, 1.82) is 0 Å². The van der Waals surface area contributed by atoms with Gasteiger partial charge in [-0.3, -0.25) is 4.90 Å². The Labute approximate surface area is 122 Å². The van der Waals surface area contributed by atoms with E-state index in [1.165, 1.54) is 37.1 Å². The molecule has 3 rings (SSSR count). The van der Waals surface area contributed by atoms with Gasteiger partial charge in [0.1, 0.15) is 5.75 Å². The second kappa shape index (κ2) is 5.65. The van der Waals surface area contributed by atoms with Crippen LogP contribution in [0, 0.1) is 6.92 Å². The highest BCUT2D eigenvalue weighted by Gasteiger charge is 2.38. The van der Waals surface area contributed by atoms with Gasteiger partial charge in [-0.2, -0.15) is 0 Å². The summed E-state index contributed by atoms with van der Waals surface area (Å²) in [5, 5.41) is 3.72. The zero-order valence-corrected chi connectivity index (χ0v) is 12.9. The topological polar surface area (TPSA) is 24.5 Å². The fourth-order valence-corrected chi connectivity index (χ4v) is 3.35. The molecular weight excluding hydrogens is 248 g/mol. The Morgan fingerprint density at radius 1 is 1.35 bits per heavy atom. The summed E-state index contributed by atoms with van der Waals surface area (Å²) in [5.41, 5.74) is 2.52. The van der Waals surface area contributed by atoms with E-state index in [1.54, 1.807) is 0 Å². The van der Waals surface area contributed by atoms with E-state index >= 15 is 0 Å². The van der Waals surface area contributed by atoms with Crippen LogP contribution in [-0.4, -0.2) is 36.2 Å². The summed E-state index contributed by atoms with van der Waals surface area (Å²) in [4.78, 5) is 2.68. The summed E-state index contributed by atoms with van der Waals surface area (Å²) in [6.45, 7) is 8.46. The molecule has 3 nitrogen and oxygen atoms in total. The number of anilines is 1. The molecule has 1 aromatic carbocycles. The fourth-order valence-electron chi connectivity index (χ4n) is 3.35. The number of hydrogen-bond donors (Lipinski definition) is 1. The summed E-state index contributed by atoms with van der Waals surface area (Å²) < 4.78 is 5.55. The standard InChI is InChI=1S/C17H26N2O/c1-4-20-16-7-8-17(12(2)9-16)18-14-10-13(3)19(11-14)15-5-6-15/h7-9,13-15,18H,4-6,10-11H2,1-3H3. The molecule has 2 aliphatic rings. The number of likely N-dealkylation sites (tertiary alicyclic amines) is 1. The first-order valence-corrected chi connectivity index (χ1v) is 7.93. The molecule has 110 valence electrons. The van der Waals surface area contributed by atoms with Crippen LogP contribution in [0.4, 0.5) is 5.69 Å². The van der Waals surface area contributed by atoms with E-state index in [-0.39, 0.29) is 0 Å². The van der Waals surface area contributed by atoms with Gasteiger partial charge in [0.05, 0.1) is 6.61 Å². The average Bonchev–Trinajstić information content (AvgIpc) is 3.18. The van der Waals surface area contributed by atoms with E-state index in [2.05, 4.69) is 42.3 Å². The highest BCUT2D eigenvalue weighted by atomic mass is 16.5. The van der Waals surface area contributed by atoms with Gasteiger partial charge < -0.3 is 10.1 Å². The molecule has 0 spiro atoms. The van der Waals surface area contributed by atoms with Gasteiger partial charge in [-0.1, -0.05) is 0 Å². The normalized spacial score (nSPS) is 26.8. The molecule has 0 bridgehead atoms. The Morgan fingerprint density at radius 3 is 2.80 bits per heavy atom. The predicted octanol–water partition coefficient (Wildman–Crippen LogP) is 3.43. The van der Waals surface area contributed by atoms with E-state index in [0.717, 1.165) is 24.4 Å². The first-order chi connectivity index (χ1) is 9.67. The van der Waals surface area contributed by atoms with Crippen LogP contribution < -0.4 is 10.1 Å². The van der Waals surface area contributed by atoms with E-state index in [1.807, 2.05) is 6.92 Å². The van der Waals surface area contributed by atoms with Gasteiger partial charge >= 0.3 is 0 Å². The second-order valence-corrected chi connectivity index (χ2v) is 6.26. The van der Waals surface area contributed by atoms with Gasteiger partial charge in [0.15, 0.2) is 0 Å². The number of aryl methyl sites for hydroxylation is 1. The smallest absolute Gasteiger partial charge is 0.119 e. The predicted molar refractivity (Wildman–Crippen MR) is 83.6 cm³/mol. The molecule has 1 saturated carbocycles. The van der Waals surface area contributed by atoms with Crippen LogP contribution in [0.15, 0.2) is 18.2 Å². The largest absolute Gasteiger partial charge is 0.494 e. The Bertz CT molecular complexity index is 470.